The second-order valence-corrected chi connectivity index (χ2v) is 13.2. The highest BCUT2D eigenvalue weighted by atomic mass is 79.9. The highest BCUT2D eigenvalue weighted by Gasteiger charge is 2.36. The molecule has 9 heteroatoms. The lowest BCUT2D eigenvalue weighted by atomic mass is 10.2. The van der Waals surface area contributed by atoms with Crippen LogP contribution in [0.3, 0.4) is 0 Å². The summed E-state index contributed by atoms with van der Waals surface area (Å²) in [7, 11) is 0. The molecule has 6 rings (SSSR count). The number of hydrogen-bond acceptors (Lipinski definition) is 7. The molecular weight excluding hydrogens is 626 g/mol. The summed E-state index contributed by atoms with van der Waals surface area (Å²) in [6.45, 7) is 7.83. The first-order chi connectivity index (χ1) is 21.0. The van der Waals surface area contributed by atoms with Gasteiger partial charge in [0.1, 0.15) is 17.2 Å². The average Bonchev–Trinajstić information content (AvgIpc) is 3.79. The minimum atomic E-state index is -0.327. The van der Waals surface area contributed by atoms with Crippen molar-refractivity contribution in [3.63, 3.8) is 0 Å². The summed E-state index contributed by atoms with van der Waals surface area (Å²) in [5.41, 5.74) is 1.35. The van der Waals surface area contributed by atoms with Crippen molar-refractivity contribution in [2.24, 2.45) is 5.92 Å². The van der Waals surface area contributed by atoms with Gasteiger partial charge in [-0.05, 0) is 122 Å². The molecule has 7 nitrogen and oxygen atoms in total. The van der Waals surface area contributed by atoms with E-state index >= 15 is 0 Å². The largest absolute Gasteiger partial charge is 0.494 e. The predicted molar refractivity (Wildman–Crippen MR) is 176 cm³/mol. The summed E-state index contributed by atoms with van der Waals surface area (Å²) in [4.78, 5) is 32.7. The molecule has 0 bridgehead atoms. The van der Waals surface area contributed by atoms with Crippen LogP contribution in [0.25, 0.3) is 6.08 Å². The maximum Gasteiger partial charge on any atom is 0.298 e. The number of thioether (sulfide) groups is 1. The Balaban J connectivity index is 0.945. The van der Waals surface area contributed by atoms with Crippen molar-refractivity contribution < 1.29 is 19.1 Å². The molecule has 0 radical (unpaired) electrons. The first kappa shape index (κ1) is 29.9. The van der Waals surface area contributed by atoms with Crippen LogP contribution in [-0.4, -0.2) is 66.8 Å². The number of halogens is 1. The molecule has 3 aliphatic rings. The molecule has 2 heterocycles. The van der Waals surface area contributed by atoms with Crippen LogP contribution in [0.15, 0.2) is 82.2 Å². The number of carbonyl (C=O) groups is 2. The number of ether oxygens (including phenoxy) is 2. The van der Waals surface area contributed by atoms with E-state index in [1.54, 1.807) is 18.2 Å². The summed E-state index contributed by atoms with van der Waals surface area (Å²) in [6.07, 6.45) is 6.70. The third kappa shape index (κ3) is 8.29. The van der Waals surface area contributed by atoms with Gasteiger partial charge in [0.25, 0.3) is 11.1 Å². The number of imide groups is 1. The smallest absolute Gasteiger partial charge is 0.298 e. The summed E-state index contributed by atoms with van der Waals surface area (Å²) in [5.74, 6) is 2.81. The van der Waals surface area contributed by atoms with E-state index < -0.39 is 0 Å². The third-order valence-corrected chi connectivity index (χ3v) is 9.33. The Morgan fingerprint density at radius 2 is 1.42 bits per heavy atom. The zero-order valence-corrected chi connectivity index (χ0v) is 26.5. The Labute approximate surface area is 265 Å². The van der Waals surface area contributed by atoms with Crippen molar-refractivity contribution in [1.29, 1.82) is 0 Å². The second kappa shape index (κ2) is 14.1. The number of hydrogen-bond donors (Lipinski definition) is 0. The van der Waals surface area contributed by atoms with Gasteiger partial charge in [-0.25, -0.2) is 4.90 Å². The average molecular weight is 663 g/mol. The zero-order chi connectivity index (χ0) is 29.6. The van der Waals surface area contributed by atoms with Gasteiger partial charge >= 0.3 is 0 Å². The van der Waals surface area contributed by atoms with Gasteiger partial charge in [-0.15, -0.1) is 0 Å². The number of nitrogens with zero attached hydrogens (tertiary/aromatic N) is 3. The van der Waals surface area contributed by atoms with Crippen LogP contribution in [0.4, 0.5) is 10.5 Å². The van der Waals surface area contributed by atoms with Crippen molar-refractivity contribution in [3.8, 4) is 17.2 Å². The molecule has 2 saturated heterocycles. The SMILES string of the molecule is O=C1S/C(=C\c2ccc(Oc3ccc(Br)cc3)cc2)C(=O)N1c1ccc(OCCCCN2CCN(CC3CC3)CC2)cc1. The molecular formula is C34H36BrN3O4S. The molecule has 0 aromatic heterocycles. The van der Waals surface area contributed by atoms with E-state index in [1.807, 2.05) is 60.7 Å². The lowest BCUT2D eigenvalue weighted by Gasteiger charge is -2.34. The lowest BCUT2D eigenvalue weighted by molar-refractivity contribution is -0.113. The Bertz CT molecular complexity index is 1430. The Hall–Kier alpha value is -3.11. The Kier molecular flexibility index (Phi) is 9.83. The summed E-state index contributed by atoms with van der Waals surface area (Å²) in [6, 6.07) is 22.2. The van der Waals surface area contributed by atoms with Crippen molar-refractivity contribution in [2.45, 2.75) is 25.7 Å². The van der Waals surface area contributed by atoms with E-state index in [4.69, 9.17) is 9.47 Å². The summed E-state index contributed by atoms with van der Waals surface area (Å²) < 4.78 is 12.8. The number of benzene rings is 3. The fraction of sp³-hybridized carbons (Fsp3) is 0.353. The zero-order valence-electron chi connectivity index (χ0n) is 24.1. The van der Waals surface area contributed by atoms with Gasteiger partial charge in [-0.3, -0.25) is 9.59 Å². The van der Waals surface area contributed by atoms with Crippen molar-refractivity contribution in [3.05, 3.63) is 87.7 Å². The van der Waals surface area contributed by atoms with E-state index in [0.29, 0.717) is 22.9 Å². The summed E-state index contributed by atoms with van der Waals surface area (Å²) in [5, 5.41) is -0.312. The Morgan fingerprint density at radius 1 is 0.791 bits per heavy atom. The molecule has 1 aliphatic carbocycles. The quantitative estimate of drug-likeness (QED) is 0.146. The van der Waals surface area contributed by atoms with Crippen LogP contribution in [0.1, 0.15) is 31.2 Å². The monoisotopic (exact) mass is 661 g/mol. The highest BCUT2D eigenvalue weighted by Crippen LogP contribution is 2.36. The van der Waals surface area contributed by atoms with Gasteiger partial charge < -0.3 is 19.3 Å². The molecule has 3 aromatic carbocycles. The number of amides is 2. The molecule has 1 saturated carbocycles. The number of anilines is 1. The standard InChI is InChI=1S/C34H36BrN3O4S/c35-27-7-13-31(14-8-27)42-30-11-5-25(6-12-30)23-32-33(39)38(34(40)43-32)28-9-15-29(16-10-28)41-22-2-1-17-36-18-20-37(21-19-36)24-26-3-4-26/h5-16,23,26H,1-4,17-22,24H2/b32-23-. The maximum atomic E-state index is 13.1. The minimum absolute atomic E-state index is 0.312. The molecule has 0 N–H and O–H groups in total. The Morgan fingerprint density at radius 3 is 2.09 bits per heavy atom. The van der Waals surface area contributed by atoms with Gasteiger partial charge in [0.15, 0.2) is 0 Å². The molecule has 0 atom stereocenters. The molecule has 3 aromatic rings. The summed E-state index contributed by atoms with van der Waals surface area (Å²) >= 11 is 4.36. The molecule has 3 fully saturated rings. The van der Waals surface area contributed by atoms with Gasteiger partial charge in [0.2, 0.25) is 0 Å². The van der Waals surface area contributed by atoms with Crippen LogP contribution >= 0.6 is 27.7 Å². The highest BCUT2D eigenvalue weighted by molar-refractivity contribution is 9.10. The van der Waals surface area contributed by atoms with Crippen LogP contribution in [0.2, 0.25) is 0 Å². The van der Waals surface area contributed by atoms with Crippen LogP contribution in [-0.2, 0) is 4.79 Å². The number of unbranched alkanes of at least 4 members (excludes halogenated alkanes) is 1. The van der Waals surface area contributed by atoms with E-state index in [1.165, 1.54) is 50.5 Å². The normalized spacial score (nSPS) is 18.9. The van der Waals surface area contributed by atoms with Crippen molar-refractivity contribution in [2.75, 3.05) is 50.8 Å². The van der Waals surface area contributed by atoms with Gasteiger partial charge in [0, 0.05) is 37.2 Å². The fourth-order valence-electron chi connectivity index (χ4n) is 5.29. The van der Waals surface area contributed by atoms with Gasteiger partial charge in [-0.2, -0.15) is 0 Å². The van der Waals surface area contributed by atoms with Gasteiger partial charge in [-0.1, -0.05) is 28.1 Å². The van der Waals surface area contributed by atoms with E-state index in [9.17, 15) is 9.59 Å². The molecule has 2 amide bonds. The van der Waals surface area contributed by atoms with Crippen LogP contribution < -0.4 is 14.4 Å². The molecule has 43 heavy (non-hydrogen) atoms. The van der Waals surface area contributed by atoms with Crippen molar-refractivity contribution >= 4 is 50.6 Å². The topological polar surface area (TPSA) is 62.3 Å². The predicted octanol–water partition coefficient (Wildman–Crippen LogP) is 7.67. The number of carbonyl (C=O) groups excluding carboxylic acids is 2. The van der Waals surface area contributed by atoms with Crippen LogP contribution in [0, 0.1) is 5.92 Å². The lowest BCUT2D eigenvalue weighted by Crippen LogP contribution is -2.47. The van der Waals surface area contributed by atoms with E-state index in [2.05, 4.69) is 25.7 Å². The first-order valence-corrected chi connectivity index (χ1v) is 16.6. The maximum absolute atomic E-state index is 13.1. The fourth-order valence-corrected chi connectivity index (χ4v) is 6.40. The number of rotatable bonds is 12. The first-order valence-electron chi connectivity index (χ1n) is 15.0. The number of piperazine rings is 1. The van der Waals surface area contributed by atoms with Gasteiger partial charge in [0.05, 0.1) is 17.2 Å². The molecule has 2 aliphatic heterocycles. The third-order valence-electron chi connectivity index (χ3n) is 7.93. The van der Waals surface area contributed by atoms with E-state index in [-0.39, 0.29) is 11.1 Å². The van der Waals surface area contributed by atoms with E-state index in [0.717, 1.165) is 58.6 Å². The molecule has 0 spiro atoms. The minimum Gasteiger partial charge on any atom is -0.494 e. The second-order valence-electron chi connectivity index (χ2n) is 11.3. The molecule has 224 valence electrons. The molecule has 0 unspecified atom stereocenters. The van der Waals surface area contributed by atoms with Crippen LogP contribution in [0.5, 0.6) is 17.2 Å². The van der Waals surface area contributed by atoms with Crippen molar-refractivity contribution in [1.82, 2.24) is 9.80 Å².